The van der Waals surface area contributed by atoms with Crippen LogP contribution in [0.1, 0.15) is 19.4 Å². The summed E-state index contributed by atoms with van der Waals surface area (Å²) in [5.41, 5.74) is 8.59. The smallest absolute Gasteiger partial charge is 0.0456 e. The lowest BCUT2D eigenvalue weighted by Gasteiger charge is -2.30. The van der Waals surface area contributed by atoms with Crippen LogP contribution >= 0.6 is 15.9 Å². The number of benzene rings is 1. The molecular formula is C12H17BrN2. The van der Waals surface area contributed by atoms with Crippen molar-refractivity contribution >= 4 is 21.6 Å². The average Bonchev–Trinajstić information content (AvgIpc) is 2.54. The van der Waals surface area contributed by atoms with E-state index in [0.29, 0.717) is 12.1 Å². The third-order valence-electron chi connectivity index (χ3n) is 3.00. The number of halogens is 1. The summed E-state index contributed by atoms with van der Waals surface area (Å²) in [5.74, 6) is 0. The summed E-state index contributed by atoms with van der Waals surface area (Å²) in [6, 6.07) is 7.48. The van der Waals surface area contributed by atoms with Crippen LogP contribution in [0, 0.1) is 0 Å². The molecule has 1 aliphatic heterocycles. The van der Waals surface area contributed by atoms with Crippen molar-refractivity contribution in [2.45, 2.75) is 32.4 Å². The highest BCUT2D eigenvalue weighted by atomic mass is 79.9. The Hall–Kier alpha value is -0.540. The number of rotatable bonds is 2. The summed E-state index contributed by atoms with van der Waals surface area (Å²) in [6.07, 6.45) is 1.07. The largest absolute Gasteiger partial charge is 0.364 e. The Morgan fingerprint density at radius 2 is 2.27 bits per heavy atom. The topological polar surface area (TPSA) is 29.3 Å². The Morgan fingerprint density at radius 1 is 1.53 bits per heavy atom. The predicted molar refractivity (Wildman–Crippen MR) is 68.3 cm³/mol. The van der Waals surface area contributed by atoms with E-state index in [1.165, 1.54) is 11.3 Å². The molecular weight excluding hydrogens is 252 g/mol. The highest BCUT2D eigenvalue weighted by Crippen LogP contribution is 2.35. The summed E-state index contributed by atoms with van der Waals surface area (Å²) in [4.78, 5) is 2.43. The molecule has 0 fully saturated rings. The molecule has 1 heterocycles. The van der Waals surface area contributed by atoms with E-state index in [9.17, 15) is 0 Å². The Labute approximate surface area is 99.6 Å². The SMILES string of the molecule is CC(C)N1c2ccc(Br)cc2CC1CN. The molecule has 1 unspecified atom stereocenters. The molecule has 15 heavy (non-hydrogen) atoms. The molecule has 0 bridgehead atoms. The molecule has 2 rings (SSSR count). The van der Waals surface area contributed by atoms with Crippen LogP contribution in [0.3, 0.4) is 0 Å². The van der Waals surface area contributed by atoms with Crippen LogP contribution in [0.4, 0.5) is 5.69 Å². The van der Waals surface area contributed by atoms with Gasteiger partial charge in [-0.2, -0.15) is 0 Å². The molecule has 0 radical (unpaired) electrons. The van der Waals surface area contributed by atoms with Crippen molar-refractivity contribution in [2.75, 3.05) is 11.4 Å². The molecule has 1 aromatic rings. The fourth-order valence-corrected chi connectivity index (χ4v) is 2.82. The lowest BCUT2D eigenvalue weighted by molar-refractivity contribution is 0.576. The van der Waals surface area contributed by atoms with Gasteiger partial charge >= 0.3 is 0 Å². The van der Waals surface area contributed by atoms with E-state index in [1.54, 1.807) is 0 Å². The maximum absolute atomic E-state index is 5.83. The normalized spacial score (nSPS) is 19.8. The van der Waals surface area contributed by atoms with Crippen LogP contribution in [0.15, 0.2) is 22.7 Å². The second-order valence-corrected chi connectivity index (χ2v) is 5.28. The Morgan fingerprint density at radius 3 is 2.87 bits per heavy atom. The summed E-state index contributed by atoms with van der Waals surface area (Å²) in [7, 11) is 0. The number of hydrogen-bond acceptors (Lipinski definition) is 2. The van der Waals surface area contributed by atoms with Gasteiger partial charge in [0.15, 0.2) is 0 Å². The van der Waals surface area contributed by atoms with Crippen molar-refractivity contribution < 1.29 is 0 Å². The monoisotopic (exact) mass is 268 g/mol. The van der Waals surface area contributed by atoms with Gasteiger partial charge in [-0.15, -0.1) is 0 Å². The molecule has 0 amide bonds. The molecule has 0 spiro atoms. The van der Waals surface area contributed by atoms with Crippen LogP contribution in [-0.2, 0) is 6.42 Å². The molecule has 1 aromatic carbocycles. The van der Waals surface area contributed by atoms with Crippen molar-refractivity contribution in [3.05, 3.63) is 28.2 Å². The van der Waals surface area contributed by atoms with Gasteiger partial charge in [-0.1, -0.05) is 15.9 Å². The third-order valence-corrected chi connectivity index (χ3v) is 3.49. The van der Waals surface area contributed by atoms with Crippen LogP contribution in [0.5, 0.6) is 0 Å². The zero-order chi connectivity index (χ0) is 11.0. The number of nitrogens with two attached hydrogens (primary N) is 1. The van der Waals surface area contributed by atoms with E-state index in [4.69, 9.17) is 5.73 Å². The van der Waals surface area contributed by atoms with E-state index >= 15 is 0 Å². The molecule has 0 saturated carbocycles. The first-order valence-corrected chi connectivity index (χ1v) is 6.19. The average molecular weight is 269 g/mol. The Kier molecular flexibility index (Phi) is 3.03. The van der Waals surface area contributed by atoms with Gasteiger partial charge in [0.25, 0.3) is 0 Å². The number of hydrogen-bond donors (Lipinski definition) is 1. The Bertz CT molecular complexity index is 363. The highest BCUT2D eigenvalue weighted by Gasteiger charge is 2.29. The van der Waals surface area contributed by atoms with Gasteiger partial charge < -0.3 is 10.6 Å². The minimum Gasteiger partial charge on any atom is -0.364 e. The molecule has 2 nitrogen and oxygen atoms in total. The van der Waals surface area contributed by atoms with Gasteiger partial charge in [0, 0.05) is 28.8 Å². The molecule has 3 heteroatoms. The minimum absolute atomic E-state index is 0.467. The van der Waals surface area contributed by atoms with Gasteiger partial charge in [0.1, 0.15) is 0 Å². The van der Waals surface area contributed by atoms with Gasteiger partial charge in [0.2, 0.25) is 0 Å². The summed E-state index contributed by atoms with van der Waals surface area (Å²) >= 11 is 3.51. The standard InChI is InChI=1S/C12H17BrN2/c1-8(2)15-11(7-14)6-9-5-10(13)3-4-12(9)15/h3-5,8,11H,6-7,14H2,1-2H3. The van der Waals surface area contributed by atoms with Crippen LogP contribution in [0.25, 0.3) is 0 Å². The number of fused-ring (bicyclic) bond motifs is 1. The lowest BCUT2D eigenvalue weighted by Crippen LogP contribution is -2.42. The summed E-state index contributed by atoms with van der Waals surface area (Å²) in [6.45, 7) is 5.17. The zero-order valence-electron chi connectivity index (χ0n) is 9.20. The maximum Gasteiger partial charge on any atom is 0.0456 e. The fourth-order valence-electron chi connectivity index (χ4n) is 2.42. The Balaban J connectivity index is 2.40. The molecule has 1 atom stereocenters. The fraction of sp³-hybridized carbons (Fsp3) is 0.500. The second kappa shape index (κ2) is 4.14. The van der Waals surface area contributed by atoms with Gasteiger partial charge in [-0.3, -0.25) is 0 Å². The molecule has 0 saturated heterocycles. The number of nitrogens with zero attached hydrogens (tertiary/aromatic N) is 1. The van der Waals surface area contributed by atoms with E-state index in [2.05, 4.69) is 52.9 Å². The quantitative estimate of drug-likeness (QED) is 0.894. The number of anilines is 1. The molecule has 2 N–H and O–H groups in total. The van der Waals surface area contributed by atoms with Crippen LogP contribution in [0.2, 0.25) is 0 Å². The summed E-state index contributed by atoms with van der Waals surface area (Å²) < 4.78 is 1.16. The minimum atomic E-state index is 0.467. The van der Waals surface area contributed by atoms with E-state index in [0.717, 1.165) is 17.4 Å². The van der Waals surface area contributed by atoms with Crippen molar-refractivity contribution in [3.8, 4) is 0 Å². The molecule has 0 aliphatic carbocycles. The molecule has 82 valence electrons. The van der Waals surface area contributed by atoms with Crippen molar-refractivity contribution in [2.24, 2.45) is 5.73 Å². The van der Waals surface area contributed by atoms with Crippen molar-refractivity contribution in [3.63, 3.8) is 0 Å². The lowest BCUT2D eigenvalue weighted by atomic mass is 10.1. The van der Waals surface area contributed by atoms with Crippen LogP contribution in [-0.4, -0.2) is 18.6 Å². The van der Waals surface area contributed by atoms with Gasteiger partial charge in [0.05, 0.1) is 0 Å². The molecule has 0 aromatic heterocycles. The van der Waals surface area contributed by atoms with Crippen molar-refractivity contribution in [1.29, 1.82) is 0 Å². The predicted octanol–water partition coefficient (Wildman–Crippen LogP) is 2.55. The van der Waals surface area contributed by atoms with E-state index in [-0.39, 0.29) is 0 Å². The van der Waals surface area contributed by atoms with E-state index in [1.807, 2.05) is 0 Å². The first-order chi connectivity index (χ1) is 7.13. The van der Waals surface area contributed by atoms with Gasteiger partial charge in [-0.05, 0) is 44.0 Å². The molecule has 1 aliphatic rings. The second-order valence-electron chi connectivity index (χ2n) is 4.37. The zero-order valence-corrected chi connectivity index (χ0v) is 10.8. The van der Waals surface area contributed by atoms with Crippen LogP contribution < -0.4 is 10.6 Å². The highest BCUT2D eigenvalue weighted by molar-refractivity contribution is 9.10. The maximum atomic E-state index is 5.83. The third kappa shape index (κ3) is 1.91. The van der Waals surface area contributed by atoms with Crippen molar-refractivity contribution in [1.82, 2.24) is 0 Å². The van der Waals surface area contributed by atoms with Gasteiger partial charge in [-0.25, -0.2) is 0 Å². The van der Waals surface area contributed by atoms with E-state index < -0.39 is 0 Å². The first kappa shape index (κ1) is 11.0. The first-order valence-electron chi connectivity index (χ1n) is 5.40. The summed E-state index contributed by atoms with van der Waals surface area (Å²) in [5, 5.41) is 0.